The molecule has 0 fully saturated rings. The Kier molecular flexibility index (Phi) is 2.26. The molecule has 0 saturated heterocycles. The van der Waals surface area contributed by atoms with E-state index in [2.05, 4.69) is 20.3 Å². The Morgan fingerprint density at radius 3 is 2.67 bits per heavy atom. The standard InChI is InChI=1S/C10H8BrNO3/c1-5-3-6(11)4-7-8(5)12(2)10(14)15-9(7)13/h3-4H,1-2H3. The third-order valence-corrected chi connectivity index (χ3v) is 2.73. The minimum Gasteiger partial charge on any atom is -0.372 e. The number of aromatic nitrogens is 1. The largest absolute Gasteiger partial charge is 0.422 e. The van der Waals surface area contributed by atoms with Crippen LogP contribution in [-0.4, -0.2) is 4.57 Å². The maximum atomic E-state index is 11.5. The monoisotopic (exact) mass is 269 g/mol. The number of benzene rings is 1. The SMILES string of the molecule is Cc1cc(Br)cc2c(=O)oc(=O)n(C)c12. The van der Waals surface area contributed by atoms with Gasteiger partial charge in [-0.1, -0.05) is 15.9 Å². The summed E-state index contributed by atoms with van der Waals surface area (Å²) in [6, 6.07) is 3.49. The summed E-state index contributed by atoms with van der Waals surface area (Å²) in [6.45, 7) is 1.84. The molecule has 2 aromatic rings. The summed E-state index contributed by atoms with van der Waals surface area (Å²) in [5.41, 5.74) is 0.865. The predicted molar refractivity (Wildman–Crippen MR) is 60.2 cm³/mol. The third kappa shape index (κ3) is 1.52. The molecule has 0 radical (unpaired) electrons. The Bertz CT molecular complexity index is 654. The van der Waals surface area contributed by atoms with Crippen molar-refractivity contribution in [3.63, 3.8) is 0 Å². The van der Waals surface area contributed by atoms with Crippen LogP contribution in [0.5, 0.6) is 0 Å². The number of fused-ring (bicyclic) bond motifs is 1. The van der Waals surface area contributed by atoms with Crippen LogP contribution in [0.4, 0.5) is 0 Å². The van der Waals surface area contributed by atoms with Crippen molar-refractivity contribution in [2.45, 2.75) is 6.92 Å². The molecule has 78 valence electrons. The summed E-state index contributed by atoms with van der Waals surface area (Å²) < 4.78 is 6.68. The van der Waals surface area contributed by atoms with Gasteiger partial charge in [0.25, 0.3) is 0 Å². The average molecular weight is 270 g/mol. The van der Waals surface area contributed by atoms with Crippen molar-refractivity contribution in [2.75, 3.05) is 0 Å². The second kappa shape index (κ2) is 3.34. The minimum atomic E-state index is -0.641. The predicted octanol–water partition coefficient (Wildman–Crippen LogP) is 1.56. The van der Waals surface area contributed by atoms with Gasteiger partial charge in [0, 0.05) is 11.5 Å². The molecule has 0 aliphatic heterocycles. The van der Waals surface area contributed by atoms with Crippen molar-refractivity contribution < 1.29 is 4.42 Å². The van der Waals surface area contributed by atoms with Crippen molar-refractivity contribution in [1.82, 2.24) is 4.57 Å². The second-order valence-corrected chi connectivity index (χ2v) is 4.25. The van der Waals surface area contributed by atoms with E-state index in [-0.39, 0.29) is 0 Å². The van der Waals surface area contributed by atoms with Crippen LogP contribution in [0, 0.1) is 6.92 Å². The molecule has 0 N–H and O–H groups in total. The van der Waals surface area contributed by atoms with Crippen LogP contribution in [0.15, 0.2) is 30.6 Å². The fourth-order valence-corrected chi connectivity index (χ4v) is 2.20. The maximum Gasteiger partial charge on any atom is 0.422 e. The van der Waals surface area contributed by atoms with Gasteiger partial charge in [0.15, 0.2) is 0 Å². The third-order valence-electron chi connectivity index (χ3n) is 2.27. The summed E-state index contributed by atoms with van der Waals surface area (Å²) in [7, 11) is 1.58. The van der Waals surface area contributed by atoms with E-state index in [1.165, 1.54) is 4.57 Å². The van der Waals surface area contributed by atoms with Crippen molar-refractivity contribution >= 4 is 26.8 Å². The van der Waals surface area contributed by atoms with Gasteiger partial charge < -0.3 is 4.42 Å². The van der Waals surface area contributed by atoms with Gasteiger partial charge in [-0.05, 0) is 24.6 Å². The molecule has 1 heterocycles. The van der Waals surface area contributed by atoms with Gasteiger partial charge in [-0.2, -0.15) is 0 Å². The highest BCUT2D eigenvalue weighted by atomic mass is 79.9. The summed E-state index contributed by atoms with van der Waals surface area (Å²) in [4.78, 5) is 22.7. The Morgan fingerprint density at radius 1 is 1.33 bits per heavy atom. The quantitative estimate of drug-likeness (QED) is 0.730. The van der Waals surface area contributed by atoms with E-state index in [9.17, 15) is 9.59 Å². The fraction of sp³-hybridized carbons (Fsp3) is 0.200. The summed E-state index contributed by atoms with van der Waals surface area (Å²) in [5, 5.41) is 0.406. The van der Waals surface area contributed by atoms with E-state index in [0.29, 0.717) is 10.9 Å². The van der Waals surface area contributed by atoms with E-state index in [1.54, 1.807) is 13.1 Å². The van der Waals surface area contributed by atoms with Crippen LogP contribution in [0.3, 0.4) is 0 Å². The molecule has 1 aromatic carbocycles. The summed E-state index contributed by atoms with van der Waals surface area (Å²) in [6.07, 6.45) is 0. The van der Waals surface area contributed by atoms with E-state index in [0.717, 1.165) is 10.0 Å². The lowest BCUT2D eigenvalue weighted by Crippen LogP contribution is -2.23. The van der Waals surface area contributed by atoms with Gasteiger partial charge >= 0.3 is 11.4 Å². The lowest BCUT2D eigenvalue weighted by atomic mass is 10.1. The first-order valence-electron chi connectivity index (χ1n) is 4.30. The molecule has 4 nitrogen and oxygen atoms in total. The van der Waals surface area contributed by atoms with E-state index in [1.807, 2.05) is 13.0 Å². The zero-order chi connectivity index (χ0) is 11.2. The Labute approximate surface area is 93.3 Å². The smallest absolute Gasteiger partial charge is 0.372 e. The fourth-order valence-electron chi connectivity index (χ4n) is 1.63. The van der Waals surface area contributed by atoms with Crippen LogP contribution < -0.4 is 11.4 Å². The number of hydrogen-bond donors (Lipinski definition) is 0. The van der Waals surface area contributed by atoms with Gasteiger partial charge in [0.2, 0.25) is 0 Å². The highest BCUT2D eigenvalue weighted by Crippen LogP contribution is 2.19. The van der Waals surface area contributed by atoms with Gasteiger partial charge in [0.05, 0.1) is 10.9 Å². The molecule has 0 spiro atoms. The average Bonchev–Trinajstić information content (AvgIpc) is 2.13. The minimum absolute atomic E-state index is 0.406. The van der Waals surface area contributed by atoms with E-state index in [4.69, 9.17) is 0 Å². The van der Waals surface area contributed by atoms with Gasteiger partial charge in [-0.25, -0.2) is 9.59 Å². The molecule has 0 saturated carbocycles. The number of rotatable bonds is 0. The highest BCUT2D eigenvalue weighted by molar-refractivity contribution is 9.10. The Hall–Kier alpha value is -1.36. The van der Waals surface area contributed by atoms with Crippen LogP contribution in [0.2, 0.25) is 0 Å². The molecule has 15 heavy (non-hydrogen) atoms. The molecule has 0 atom stereocenters. The number of aryl methyl sites for hydroxylation is 2. The van der Waals surface area contributed by atoms with E-state index < -0.39 is 11.4 Å². The van der Waals surface area contributed by atoms with Gasteiger partial charge in [-0.3, -0.25) is 4.57 Å². The zero-order valence-electron chi connectivity index (χ0n) is 8.20. The van der Waals surface area contributed by atoms with Crippen molar-refractivity contribution in [1.29, 1.82) is 0 Å². The van der Waals surface area contributed by atoms with Crippen molar-refractivity contribution in [3.8, 4) is 0 Å². The molecule has 0 unspecified atom stereocenters. The number of nitrogens with zero attached hydrogens (tertiary/aromatic N) is 1. The number of hydrogen-bond acceptors (Lipinski definition) is 3. The number of halogens is 1. The lowest BCUT2D eigenvalue weighted by Gasteiger charge is -2.05. The Balaban J connectivity index is 3.17. The summed E-state index contributed by atoms with van der Waals surface area (Å²) in [5.74, 6) is -0.641. The van der Waals surface area contributed by atoms with Gasteiger partial charge in [0.1, 0.15) is 0 Å². The van der Waals surface area contributed by atoms with Crippen molar-refractivity contribution in [3.05, 3.63) is 43.1 Å². The van der Waals surface area contributed by atoms with Crippen molar-refractivity contribution in [2.24, 2.45) is 7.05 Å². The molecule has 0 bridgehead atoms. The molecule has 2 rings (SSSR count). The lowest BCUT2D eigenvalue weighted by molar-refractivity contribution is 0.432. The highest BCUT2D eigenvalue weighted by Gasteiger charge is 2.09. The molecule has 1 aromatic heterocycles. The zero-order valence-corrected chi connectivity index (χ0v) is 9.79. The molecule has 0 aliphatic carbocycles. The van der Waals surface area contributed by atoms with Crippen LogP contribution >= 0.6 is 15.9 Å². The normalized spacial score (nSPS) is 10.9. The summed E-state index contributed by atoms with van der Waals surface area (Å²) >= 11 is 3.29. The van der Waals surface area contributed by atoms with Crippen LogP contribution in [-0.2, 0) is 7.05 Å². The molecule has 5 heteroatoms. The molecule has 0 amide bonds. The molecular formula is C10H8BrNO3. The van der Waals surface area contributed by atoms with E-state index >= 15 is 0 Å². The molecule has 0 aliphatic rings. The van der Waals surface area contributed by atoms with Gasteiger partial charge in [-0.15, -0.1) is 0 Å². The first-order valence-corrected chi connectivity index (χ1v) is 5.10. The maximum absolute atomic E-state index is 11.5. The topological polar surface area (TPSA) is 52.2 Å². The van der Waals surface area contributed by atoms with Crippen LogP contribution in [0.25, 0.3) is 10.9 Å². The molecular weight excluding hydrogens is 262 g/mol. The van der Waals surface area contributed by atoms with Crippen LogP contribution in [0.1, 0.15) is 5.56 Å². The first kappa shape index (κ1) is 10.2. The second-order valence-electron chi connectivity index (χ2n) is 3.33. The first-order chi connectivity index (χ1) is 7.00. The Morgan fingerprint density at radius 2 is 2.00 bits per heavy atom.